The second-order valence-corrected chi connectivity index (χ2v) is 29.7. The molecule has 0 rings (SSSR count). The topological polar surface area (TPSA) is 237 Å². The van der Waals surface area contributed by atoms with Crippen LogP contribution in [0.5, 0.6) is 0 Å². The molecule has 19 heteroatoms. The molecule has 0 radical (unpaired) electrons. The van der Waals surface area contributed by atoms with Crippen LogP contribution in [0.15, 0.2) is 0 Å². The van der Waals surface area contributed by atoms with Gasteiger partial charge in [0.25, 0.3) is 0 Å². The van der Waals surface area contributed by atoms with E-state index in [0.29, 0.717) is 31.6 Å². The third-order valence-electron chi connectivity index (χ3n) is 17.4. The normalized spacial score (nSPS) is 15.2. The second kappa shape index (κ2) is 60.7. The van der Waals surface area contributed by atoms with Crippen molar-refractivity contribution >= 4 is 39.5 Å². The maximum absolute atomic E-state index is 13.0. The lowest BCUT2D eigenvalue weighted by Gasteiger charge is -2.21. The van der Waals surface area contributed by atoms with E-state index in [1.807, 2.05) is 0 Å². The molecule has 0 aliphatic rings. The van der Waals surface area contributed by atoms with E-state index in [1.54, 1.807) is 0 Å². The molecule has 6 unspecified atom stereocenters. The average molecular weight is 1330 g/mol. The van der Waals surface area contributed by atoms with Gasteiger partial charge in [-0.25, -0.2) is 9.13 Å². The third kappa shape index (κ3) is 61.0. The molecule has 17 nitrogen and oxygen atoms in total. The van der Waals surface area contributed by atoms with Gasteiger partial charge in [0.1, 0.15) is 19.3 Å². The van der Waals surface area contributed by atoms with E-state index in [9.17, 15) is 43.2 Å². The largest absolute Gasteiger partial charge is 0.472 e. The highest BCUT2D eigenvalue weighted by Gasteiger charge is 2.30. The molecule has 0 heterocycles. The van der Waals surface area contributed by atoms with Gasteiger partial charge >= 0.3 is 39.5 Å². The van der Waals surface area contributed by atoms with Crippen LogP contribution >= 0.6 is 15.6 Å². The first-order chi connectivity index (χ1) is 43.2. The highest BCUT2D eigenvalue weighted by Crippen LogP contribution is 2.45. The maximum Gasteiger partial charge on any atom is 0.472 e. The number of aliphatic hydroxyl groups is 1. The van der Waals surface area contributed by atoms with Crippen LogP contribution in [-0.4, -0.2) is 96.7 Å². The fourth-order valence-electron chi connectivity index (χ4n) is 10.6. The lowest BCUT2D eigenvalue weighted by Crippen LogP contribution is -2.30. The molecule has 0 fully saturated rings. The van der Waals surface area contributed by atoms with Crippen molar-refractivity contribution in [3.63, 3.8) is 0 Å². The first-order valence-corrected chi connectivity index (χ1v) is 39.8. The van der Waals surface area contributed by atoms with Crippen LogP contribution in [0.1, 0.15) is 351 Å². The van der Waals surface area contributed by atoms with Crippen LogP contribution in [-0.2, 0) is 65.4 Å². The van der Waals surface area contributed by atoms with Crippen molar-refractivity contribution in [1.29, 1.82) is 0 Å². The van der Waals surface area contributed by atoms with Crippen molar-refractivity contribution in [3.8, 4) is 0 Å². The molecule has 0 aromatic heterocycles. The molecule has 0 amide bonds. The highest BCUT2D eigenvalue weighted by atomic mass is 31.2. The number of phosphoric acid groups is 2. The molecule has 90 heavy (non-hydrogen) atoms. The summed E-state index contributed by atoms with van der Waals surface area (Å²) in [5.41, 5.74) is 0. The molecule has 3 N–H and O–H groups in total. The molecule has 534 valence electrons. The number of aliphatic hydroxyl groups excluding tert-OH is 1. The van der Waals surface area contributed by atoms with Gasteiger partial charge in [0, 0.05) is 25.7 Å². The number of unbranched alkanes of at least 4 members (excludes halogenated alkanes) is 31. The summed E-state index contributed by atoms with van der Waals surface area (Å²) in [7, 11) is -9.90. The quantitative estimate of drug-likeness (QED) is 0.0222. The summed E-state index contributed by atoms with van der Waals surface area (Å²) in [5, 5.41) is 10.6. The van der Waals surface area contributed by atoms with Gasteiger partial charge in [-0.05, 0) is 49.4 Å². The summed E-state index contributed by atoms with van der Waals surface area (Å²) in [6.45, 7) is 14.1. The number of carbonyl (C=O) groups excluding carboxylic acids is 4. The van der Waals surface area contributed by atoms with Crippen LogP contribution < -0.4 is 0 Å². The Labute approximate surface area is 549 Å². The zero-order valence-electron chi connectivity index (χ0n) is 58.8. The van der Waals surface area contributed by atoms with Crippen molar-refractivity contribution < 1.29 is 80.2 Å². The lowest BCUT2D eigenvalue weighted by molar-refractivity contribution is -0.161. The van der Waals surface area contributed by atoms with Crippen LogP contribution in [0.3, 0.4) is 0 Å². The first-order valence-electron chi connectivity index (χ1n) is 36.8. The lowest BCUT2D eigenvalue weighted by atomic mass is 9.99. The molecule has 0 aliphatic carbocycles. The summed E-state index contributed by atoms with van der Waals surface area (Å²) in [4.78, 5) is 72.5. The summed E-state index contributed by atoms with van der Waals surface area (Å²) in [6, 6.07) is 0. The Morgan fingerprint density at radius 2 is 0.533 bits per heavy atom. The smallest absolute Gasteiger partial charge is 0.462 e. The molecule has 0 aromatic carbocycles. The number of esters is 4. The highest BCUT2D eigenvalue weighted by molar-refractivity contribution is 7.47. The zero-order valence-corrected chi connectivity index (χ0v) is 60.6. The maximum atomic E-state index is 13.0. The van der Waals surface area contributed by atoms with Gasteiger partial charge in [0.05, 0.1) is 26.4 Å². The standard InChI is InChI=1S/C71H138O17P2/c1-9-62(6)48-40-32-24-18-16-14-12-13-15-17-19-26-37-45-53-70(75)87-67(58-82-69(74)52-44-36-30-29-34-42-50-64(8)11-3)60-86-90(79,80)84-56-65(72)55-83-89(77,78)85-59-66(57-81-68(73)51-43-35-28-22-23-31-39-47-61(4)5)88-71(76)54-46-38-27-21-20-25-33-41-49-63(7)10-2/h61-67,72H,9-60H2,1-8H3,(H,77,78)(H,79,80)/t62?,63?,64?,65?,66-,67-/m1/s1. The van der Waals surface area contributed by atoms with E-state index in [-0.39, 0.29) is 25.7 Å². The Kier molecular flexibility index (Phi) is 59.4. The predicted molar refractivity (Wildman–Crippen MR) is 363 cm³/mol. The van der Waals surface area contributed by atoms with Gasteiger partial charge in [-0.3, -0.25) is 37.3 Å². The van der Waals surface area contributed by atoms with Gasteiger partial charge in [-0.2, -0.15) is 0 Å². The third-order valence-corrected chi connectivity index (χ3v) is 19.3. The molecular formula is C71H138O17P2. The molecule has 0 saturated heterocycles. The first kappa shape index (κ1) is 88.1. The summed E-state index contributed by atoms with van der Waals surface area (Å²) < 4.78 is 68.3. The van der Waals surface area contributed by atoms with E-state index in [4.69, 9.17) is 37.0 Å². The molecule has 0 aliphatic heterocycles. The zero-order chi connectivity index (χ0) is 66.8. The van der Waals surface area contributed by atoms with Crippen molar-refractivity contribution in [2.24, 2.45) is 23.7 Å². The number of carbonyl (C=O) groups is 4. The molecule has 8 atom stereocenters. The molecular weight excluding hydrogens is 1190 g/mol. The van der Waals surface area contributed by atoms with Crippen molar-refractivity contribution in [2.45, 2.75) is 369 Å². The monoisotopic (exact) mass is 1320 g/mol. The number of ether oxygens (including phenoxy) is 4. The molecule has 0 spiro atoms. The van der Waals surface area contributed by atoms with Crippen molar-refractivity contribution in [3.05, 3.63) is 0 Å². The summed E-state index contributed by atoms with van der Waals surface area (Å²) in [6.07, 6.45) is 43.1. The predicted octanol–water partition coefficient (Wildman–Crippen LogP) is 20.1. The fraction of sp³-hybridized carbons (Fsp3) is 0.944. The average Bonchev–Trinajstić information content (AvgIpc) is 2.20. The van der Waals surface area contributed by atoms with Crippen molar-refractivity contribution in [1.82, 2.24) is 0 Å². The van der Waals surface area contributed by atoms with Gasteiger partial charge in [-0.1, -0.05) is 299 Å². The van der Waals surface area contributed by atoms with E-state index in [2.05, 4.69) is 55.4 Å². The van der Waals surface area contributed by atoms with Crippen LogP contribution in [0.4, 0.5) is 0 Å². The Morgan fingerprint density at radius 3 is 0.789 bits per heavy atom. The molecule has 0 saturated carbocycles. The van der Waals surface area contributed by atoms with Crippen LogP contribution in [0, 0.1) is 23.7 Å². The summed E-state index contributed by atoms with van der Waals surface area (Å²) in [5.74, 6) is 0.920. The molecule has 0 aromatic rings. The number of hydrogen-bond acceptors (Lipinski definition) is 15. The van der Waals surface area contributed by atoms with Crippen LogP contribution in [0.25, 0.3) is 0 Å². The van der Waals surface area contributed by atoms with Gasteiger partial charge in [0.2, 0.25) is 0 Å². The number of phosphoric ester groups is 2. The van der Waals surface area contributed by atoms with E-state index in [1.165, 1.54) is 141 Å². The fourth-order valence-corrected chi connectivity index (χ4v) is 12.1. The van der Waals surface area contributed by atoms with Crippen molar-refractivity contribution in [2.75, 3.05) is 39.6 Å². The van der Waals surface area contributed by atoms with Gasteiger partial charge in [-0.15, -0.1) is 0 Å². The number of hydrogen-bond donors (Lipinski definition) is 3. The van der Waals surface area contributed by atoms with Gasteiger partial charge < -0.3 is 33.8 Å². The van der Waals surface area contributed by atoms with Gasteiger partial charge in [0.15, 0.2) is 12.2 Å². The minimum absolute atomic E-state index is 0.104. The Bertz CT molecular complexity index is 1790. The number of rotatable bonds is 68. The minimum Gasteiger partial charge on any atom is -0.462 e. The second-order valence-electron chi connectivity index (χ2n) is 26.8. The molecule has 0 bridgehead atoms. The van der Waals surface area contributed by atoms with E-state index in [0.717, 1.165) is 120 Å². The van der Waals surface area contributed by atoms with E-state index >= 15 is 0 Å². The van der Waals surface area contributed by atoms with Crippen LogP contribution in [0.2, 0.25) is 0 Å². The Morgan fingerprint density at radius 1 is 0.311 bits per heavy atom. The van der Waals surface area contributed by atoms with E-state index < -0.39 is 97.5 Å². The minimum atomic E-state index is -4.95. The Hall–Kier alpha value is -1.94. The summed E-state index contributed by atoms with van der Waals surface area (Å²) >= 11 is 0. The Balaban J connectivity index is 5.23. The SMILES string of the molecule is CCC(C)CCCCCCCCCCCCCCCCC(=O)O[C@H](COC(=O)CCCCCCCCC(C)CC)COP(=O)(O)OCC(O)COP(=O)(O)OC[C@@H](COC(=O)CCCCCCCCCC(C)C)OC(=O)CCCCCCCCCCC(C)CC.